The molecule has 2 aliphatic heterocycles. The van der Waals surface area contributed by atoms with E-state index in [1.165, 1.54) is 8.61 Å². The van der Waals surface area contributed by atoms with E-state index in [1.54, 1.807) is 24.3 Å². The van der Waals surface area contributed by atoms with Gasteiger partial charge in [0.05, 0.1) is 18.2 Å². The summed E-state index contributed by atoms with van der Waals surface area (Å²) in [6, 6.07) is 7.10. The number of carbonyl (C=O) groups is 1. The van der Waals surface area contributed by atoms with Crippen molar-refractivity contribution in [2.45, 2.75) is 33.6 Å². The predicted octanol–water partition coefficient (Wildman–Crippen LogP) is 1.62. The second-order valence-electron chi connectivity index (χ2n) is 8.86. The molecule has 0 unspecified atom stereocenters. The van der Waals surface area contributed by atoms with Crippen LogP contribution in [0, 0.1) is 5.92 Å². The van der Waals surface area contributed by atoms with Gasteiger partial charge in [0.25, 0.3) is 0 Å². The monoisotopic (exact) mass is 495 g/mol. The maximum atomic E-state index is 13.4. The molecule has 0 spiro atoms. The normalized spacial score (nSPS) is 20.7. The van der Waals surface area contributed by atoms with E-state index in [9.17, 15) is 13.2 Å². The highest BCUT2D eigenvalue weighted by Gasteiger charge is 2.35. The Morgan fingerprint density at radius 2 is 1.74 bits per heavy atom. The van der Waals surface area contributed by atoms with Gasteiger partial charge in [-0.05, 0) is 57.5 Å². The van der Waals surface area contributed by atoms with Crippen LogP contribution in [0.25, 0.3) is 0 Å². The van der Waals surface area contributed by atoms with Gasteiger partial charge in [-0.2, -0.15) is 12.7 Å². The van der Waals surface area contributed by atoms with Gasteiger partial charge in [0.1, 0.15) is 5.75 Å². The van der Waals surface area contributed by atoms with Crippen LogP contribution < -0.4 is 14.4 Å². The maximum Gasteiger partial charge on any atom is 0.304 e. The fourth-order valence-electron chi connectivity index (χ4n) is 4.67. The number of rotatable bonds is 11. The van der Waals surface area contributed by atoms with Crippen molar-refractivity contribution in [3.8, 4) is 5.75 Å². The van der Waals surface area contributed by atoms with Crippen molar-refractivity contribution in [1.29, 1.82) is 0 Å². The van der Waals surface area contributed by atoms with Gasteiger partial charge in [0, 0.05) is 58.9 Å². The van der Waals surface area contributed by atoms with E-state index in [-0.39, 0.29) is 18.4 Å². The van der Waals surface area contributed by atoms with Crippen molar-refractivity contribution in [3.63, 3.8) is 0 Å². The first-order valence-electron chi connectivity index (χ1n) is 12.6. The smallest absolute Gasteiger partial charge is 0.304 e. The van der Waals surface area contributed by atoms with Crippen molar-refractivity contribution < 1.29 is 17.9 Å². The molecule has 0 radical (unpaired) electrons. The molecule has 1 atom stereocenters. The van der Waals surface area contributed by atoms with E-state index in [1.807, 2.05) is 13.8 Å². The minimum Gasteiger partial charge on any atom is -0.494 e. The standard InChI is InChI=1S/C24H41N5O4S/c1-4-26-16-18-27(19-17-26)15-13-25-24(30)21-8-7-14-28(20-21)34(31,32)29(5-2)22-9-11-23(12-10-22)33-6-3/h9-12,21H,4-8,13-20H2,1-3H3,(H,25,30)/t21-/m0/s1. The average molecular weight is 496 g/mol. The molecule has 1 amide bonds. The Balaban J connectivity index is 1.54. The third kappa shape index (κ3) is 6.84. The van der Waals surface area contributed by atoms with Gasteiger partial charge >= 0.3 is 10.2 Å². The first-order valence-corrected chi connectivity index (χ1v) is 14.0. The Bertz CT molecular complexity index is 872. The lowest BCUT2D eigenvalue weighted by molar-refractivity contribution is -0.126. The SMILES string of the molecule is CCOc1ccc(N(CC)S(=O)(=O)N2CCC[C@H](C(=O)NCCN3CCN(CC)CC3)C2)cc1. The van der Waals surface area contributed by atoms with E-state index >= 15 is 0 Å². The minimum absolute atomic E-state index is 0.0452. The van der Waals surface area contributed by atoms with Crippen molar-refractivity contribution in [2.24, 2.45) is 5.92 Å². The number of hydrogen-bond acceptors (Lipinski definition) is 6. The van der Waals surface area contributed by atoms with Crippen molar-refractivity contribution in [1.82, 2.24) is 19.4 Å². The zero-order valence-corrected chi connectivity index (χ0v) is 21.7. The molecule has 0 bridgehead atoms. The van der Waals surface area contributed by atoms with Gasteiger partial charge in [-0.25, -0.2) is 0 Å². The number of benzene rings is 1. The van der Waals surface area contributed by atoms with Crippen LogP contribution in [0.5, 0.6) is 5.75 Å². The first-order chi connectivity index (χ1) is 16.4. The Labute approximate surface area is 205 Å². The summed E-state index contributed by atoms with van der Waals surface area (Å²) in [7, 11) is -3.73. The van der Waals surface area contributed by atoms with E-state index in [4.69, 9.17) is 4.74 Å². The molecular weight excluding hydrogens is 454 g/mol. The van der Waals surface area contributed by atoms with Crippen LogP contribution in [-0.2, 0) is 15.0 Å². The Morgan fingerprint density at radius 3 is 2.35 bits per heavy atom. The molecule has 2 heterocycles. The molecule has 2 saturated heterocycles. The molecular formula is C24H41N5O4S. The summed E-state index contributed by atoms with van der Waals surface area (Å²) in [4.78, 5) is 17.6. The number of likely N-dealkylation sites (N-methyl/N-ethyl adjacent to an activating group) is 1. The topological polar surface area (TPSA) is 85.4 Å². The summed E-state index contributed by atoms with van der Waals surface area (Å²) in [5, 5.41) is 3.05. The molecule has 10 heteroatoms. The molecule has 192 valence electrons. The quantitative estimate of drug-likeness (QED) is 0.502. The second kappa shape index (κ2) is 12.7. The maximum absolute atomic E-state index is 13.4. The van der Waals surface area contributed by atoms with Gasteiger partial charge in [-0.15, -0.1) is 0 Å². The number of ether oxygens (including phenoxy) is 1. The number of carbonyl (C=O) groups excluding carboxylic acids is 1. The first kappa shape index (κ1) is 26.7. The number of hydrogen-bond donors (Lipinski definition) is 1. The van der Waals surface area contributed by atoms with E-state index in [2.05, 4.69) is 22.0 Å². The highest BCUT2D eigenvalue weighted by Crippen LogP contribution is 2.27. The van der Waals surface area contributed by atoms with Gasteiger partial charge < -0.3 is 15.0 Å². The summed E-state index contributed by atoms with van der Waals surface area (Å²) in [5.41, 5.74) is 0.598. The third-order valence-corrected chi connectivity index (χ3v) is 8.73. The molecule has 1 aromatic carbocycles. The second-order valence-corrected chi connectivity index (χ2v) is 10.7. The number of amides is 1. The molecule has 1 N–H and O–H groups in total. The van der Waals surface area contributed by atoms with Crippen LogP contribution in [0.15, 0.2) is 24.3 Å². The summed E-state index contributed by atoms with van der Waals surface area (Å²) in [6.07, 6.45) is 1.39. The molecule has 3 rings (SSSR count). The highest BCUT2D eigenvalue weighted by molar-refractivity contribution is 7.90. The van der Waals surface area contributed by atoms with Gasteiger partial charge in [-0.1, -0.05) is 6.92 Å². The van der Waals surface area contributed by atoms with Crippen molar-refractivity contribution in [3.05, 3.63) is 24.3 Å². The lowest BCUT2D eigenvalue weighted by Gasteiger charge is -2.36. The molecule has 34 heavy (non-hydrogen) atoms. The fourth-order valence-corrected chi connectivity index (χ4v) is 6.39. The zero-order valence-electron chi connectivity index (χ0n) is 20.9. The summed E-state index contributed by atoms with van der Waals surface area (Å²) in [6.45, 7) is 14.1. The molecule has 2 aliphatic rings. The van der Waals surface area contributed by atoms with Crippen LogP contribution in [0.1, 0.15) is 33.6 Å². The molecule has 0 aromatic heterocycles. The Kier molecular flexibility index (Phi) is 9.99. The van der Waals surface area contributed by atoms with Crippen molar-refractivity contribution in [2.75, 3.05) is 76.4 Å². The molecule has 9 nitrogen and oxygen atoms in total. The van der Waals surface area contributed by atoms with Crippen molar-refractivity contribution >= 4 is 21.8 Å². The average Bonchev–Trinajstić information content (AvgIpc) is 2.86. The van der Waals surface area contributed by atoms with Crippen LogP contribution in [0.2, 0.25) is 0 Å². The number of piperazine rings is 1. The number of piperidine rings is 1. The van der Waals surface area contributed by atoms with E-state index in [0.717, 1.165) is 39.3 Å². The lowest BCUT2D eigenvalue weighted by Crippen LogP contribution is -2.51. The summed E-state index contributed by atoms with van der Waals surface area (Å²) in [5.74, 6) is 0.345. The number of nitrogens with one attached hydrogen (secondary N) is 1. The number of nitrogens with zero attached hydrogens (tertiary/aromatic N) is 4. The predicted molar refractivity (Wildman–Crippen MR) is 135 cm³/mol. The Morgan fingerprint density at radius 1 is 1.06 bits per heavy atom. The highest BCUT2D eigenvalue weighted by atomic mass is 32.2. The van der Waals surface area contributed by atoms with Gasteiger partial charge in [0.2, 0.25) is 5.91 Å². The van der Waals surface area contributed by atoms with Gasteiger partial charge in [-0.3, -0.25) is 14.0 Å². The zero-order chi connectivity index (χ0) is 24.6. The largest absolute Gasteiger partial charge is 0.494 e. The summed E-state index contributed by atoms with van der Waals surface area (Å²) < 4.78 is 35.2. The lowest BCUT2D eigenvalue weighted by atomic mass is 9.99. The van der Waals surface area contributed by atoms with Gasteiger partial charge in [0.15, 0.2) is 0 Å². The summed E-state index contributed by atoms with van der Waals surface area (Å²) >= 11 is 0. The minimum atomic E-state index is -3.73. The third-order valence-electron chi connectivity index (χ3n) is 6.72. The van der Waals surface area contributed by atoms with E-state index in [0.29, 0.717) is 50.5 Å². The van der Waals surface area contributed by atoms with Crippen LogP contribution in [-0.4, -0.2) is 100 Å². The van der Waals surface area contributed by atoms with Crippen LogP contribution >= 0.6 is 0 Å². The fraction of sp³-hybridized carbons (Fsp3) is 0.708. The molecule has 1 aromatic rings. The van der Waals surface area contributed by atoms with Crippen LogP contribution in [0.4, 0.5) is 5.69 Å². The number of anilines is 1. The molecule has 0 saturated carbocycles. The van der Waals surface area contributed by atoms with Crippen LogP contribution in [0.3, 0.4) is 0 Å². The molecule has 0 aliphatic carbocycles. The van der Waals surface area contributed by atoms with E-state index < -0.39 is 10.2 Å². The Hall–Kier alpha value is -1.88. The molecule has 2 fully saturated rings.